The molecule has 1 aliphatic rings. The van der Waals surface area contributed by atoms with Crippen LogP contribution < -0.4 is 10.1 Å². The molecule has 0 saturated carbocycles. The number of likely N-dealkylation sites (tertiary alicyclic amines) is 1. The summed E-state index contributed by atoms with van der Waals surface area (Å²) in [6, 6.07) is 7.98. The van der Waals surface area contributed by atoms with Crippen molar-refractivity contribution in [3.63, 3.8) is 0 Å². The largest absolute Gasteiger partial charge is 0.484 e. The lowest BCUT2D eigenvalue weighted by molar-refractivity contribution is -0.124. The number of halogens is 1. The second-order valence-corrected chi connectivity index (χ2v) is 6.13. The van der Waals surface area contributed by atoms with Crippen LogP contribution in [0.2, 0.25) is 0 Å². The van der Waals surface area contributed by atoms with Gasteiger partial charge in [0.2, 0.25) is 0 Å². The van der Waals surface area contributed by atoms with Crippen LogP contribution in [0.5, 0.6) is 5.75 Å². The predicted molar refractivity (Wildman–Crippen MR) is 83.3 cm³/mol. The van der Waals surface area contributed by atoms with Gasteiger partial charge in [0.15, 0.2) is 6.61 Å². The summed E-state index contributed by atoms with van der Waals surface area (Å²) in [4.78, 5) is 14.1. The molecule has 104 valence electrons. The normalized spacial score (nSPS) is 17.2. The quantitative estimate of drug-likeness (QED) is 0.819. The molecule has 1 aliphatic heterocycles. The van der Waals surface area contributed by atoms with E-state index in [0.717, 1.165) is 35.3 Å². The number of nitrogens with one attached hydrogen (secondary N) is 1. The van der Waals surface area contributed by atoms with E-state index in [4.69, 9.17) is 4.74 Å². The van der Waals surface area contributed by atoms with Gasteiger partial charge >= 0.3 is 0 Å². The third kappa shape index (κ3) is 4.99. The van der Waals surface area contributed by atoms with E-state index in [1.165, 1.54) is 0 Å². The predicted octanol–water partition coefficient (Wildman–Crippen LogP) is 1.88. The molecule has 2 rings (SSSR count). The number of ether oxygens (including phenoxy) is 1. The highest BCUT2D eigenvalue weighted by molar-refractivity contribution is 14.1. The third-order valence-electron chi connectivity index (χ3n) is 3.27. The minimum absolute atomic E-state index is 0.0342. The van der Waals surface area contributed by atoms with E-state index in [1.807, 2.05) is 24.3 Å². The average Bonchev–Trinajstić information content (AvgIpc) is 2.41. The summed E-state index contributed by atoms with van der Waals surface area (Å²) in [6.07, 6.45) is 2.04. The minimum Gasteiger partial charge on any atom is -0.484 e. The molecule has 5 heteroatoms. The Morgan fingerprint density at radius 1 is 1.37 bits per heavy atom. The maximum Gasteiger partial charge on any atom is 0.258 e. The zero-order valence-corrected chi connectivity index (χ0v) is 13.2. The second-order valence-electron chi connectivity index (χ2n) is 4.89. The van der Waals surface area contributed by atoms with Gasteiger partial charge in [0.05, 0.1) is 0 Å². The van der Waals surface area contributed by atoms with Gasteiger partial charge in [-0.25, -0.2) is 0 Å². The van der Waals surface area contributed by atoms with Crippen LogP contribution in [0.4, 0.5) is 0 Å². The number of benzene rings is 1. The molecule has 0 aromatic heterocycles. The Hall–Kier alpha value is -0.820. The summed E-state index contributed by atoms with van der Waals surface area (Å²) in [7, 11) is 2.11. The van der Waals surface area contributed by atoms with Gasteiger partial charge in [-0.1, -0.05) is 0 Å². The Bertz CT molecular complexity index is 414. The lowest BCUT2D eigenvalue weighted by atomic mass is 10.1. The van der Waals surface area contributed by atoms with Gasteiger partial charge in [-0.05, 0) is 79.8 Å². The van der Waals surface area contributed by atoms with E-state index in [-0.39, 0.29) is 12.5 Å². The lowest BCUT2D eigenvalue weighted by Crippen LogP contribution is -2.44. The molecule has 1 amide bonds. The van der Waals surface area contributed by atoms with Crippen LogP contribution in [0.1, 0.15) is 12.8 Å². The number of piperidine rings is 1. The van der Waals surface area contributed by atoms with E-state index in [2.05, 4.69) is 39.9 Å². The van der Waals surface area contributed by atoms with Gasteiger partial charge < -0.3 is 15.0 Å². The fraction of sp³-hybridized carbons (Fsp3) is 0.500. The summed E-state index contributed by atoms with van der Waals surface area (Å²) in [5.41, 5.74) is 0. The van der Waals surface area contributed by atoms with Crippen LogP contribution in [0, 0.1) is 3.57 Å². The maximum atomic E-state index is 11.8. The monoisotopic (exact) mass is 374 g/mol. The number of rotatable bonds is 4. The molecular formula is C14H19IN2O2. The first-order valence-corrected chi connectivity index (χ1v) is 7.57. The molecule has 0 aliphatic carbocycles. The summed E-state index contributed by atoms with van der Waals surface area (Å²) < 4.78 is 6.61. The first-order valence-electron chi connectivity index (χ1n) is 6.50. The molecular weight excluding hydrogens is 355 g/mol. The van der Waals surface area contributed by atoms with Gasteiger partial charge in [0, 0.05) is 9.61 Å². The van der Waals surface area contributed by atoms with Crippen molar-refractivity contribution < 1.29 is 9.53 Å². The zero-order valence-electron chi connectivity index (χ0n) is 11.1. The fourth-order valence-electron chi connectivity index (χ4n) is 2.10. The van der Waals surface area contributed by atoms with Crippen LogP contribution in [-0.4, -0.2) is 43.6 Å². The molecule has 1 N–H and O–H groups in total. The lowest BCUT2D eigenvalue weighted by Gasteiger charge is -2.29. The Morgan fingerprint density at radius 3 is 2.63 bits per heavy atom. The summed E-state index contributed by atoms with van der Waals surface area (Å²) >= 11 is 2.24. The van der Waals surface area contributed by atoms with Gasteiger partial charge in [0.25, 0.3) is 5.91 Å². The van der Waals surface area contributed by atoms with E-state index >= 15 is 0 Å². The van der Waals surface area contributed by atoms with E-state index in [9.17, 15) is 4.79 Å². The highest BCUT2D eigenvalue weighted by atomic mass is 127. The molecule has 1 fully saturated rings. The number of carbonyl (C=O) groups is 1. The molecule has 1 saturated heterocycles. The van der Waals surface area contributed by atoms with Crippen LogP contribution in [0.3, 0.4) is 0 Å². The van der Waals surface area contributed by atoms with Crippen LogP contribution in [-0.2, 0) is 4.79 Å². The Balaban J connectivity index is 1.71. The van der Waals surface area contributed by atoms with Crippen LogP contribution >= 0.6 is 22.6 Å². The molecule has 1 aromatic rings. The number of nitrogens with zero attached hydrogens (tertiary/aromatic N) is 1. The van der Waals surface area contributed by atoms with Crippen molar-refractivity contribution >= 4 is 28.5 Å². The minimum atomic E-state index is -0.0342. The topological polar surface area (TPSA) is 41.6 Å². The summed E-state index contributed by atoms with van der Waals surface area (Å²) in [6.45, 7) is 2.18. The van der Waals surface area contributed by atoms with Crippen molar-refractivity contribution in [3.05, 3.63) is 27.8 Å². The average molecular weight is 374 g/mol. The zero-order chi connectivity index (χ0) is 13.7. The molecule has 4 nitrogen and oxygen atoms in total. The summed E-state index contributed by atoms with van der Waals surface area (Å²) in [5, 5.41) is 3.03. The van der Waals surface area contributed by atoms with Gasteiger partial charge in [-0.3, -0.25) is 4.79 Å². The fourth-order valence-corrected chi connectivity index (χ4v) is 2.46. The van der Waals surface area contributed by atoms with Gasteiger partial charge in [0.1, 0.15) is 5.75 Å². The molecule has 0 unspecified atom stereocenters. The van der Waals surface area contributed by atoms with E-state index < -0.39 is 0 Å². The summed E-state index contributed by atoms with van der Waals surface area (Å²) in [5.74, 6) is 0.701. The number of carbonyl (C=O) groups excluding carboxylic acids is 1. The van der Waals surface area contributed by atoms with Crippen molar-refractivity contribution in [3.8, 4) is 5.75 Å². The maximum absolute atomic E-state index is 11.8. The second kappa shape index (κ2) is 7.09. The van der Waals surface area contributed by atoms with Crippen LogP contribution in [0.25, 0.3) is 0 Å². The first kappa shape index (κ1) is 14.6. The number of amides is 1. The van der Waals surface area contributed by atoms with Crippen molar-refractivity contribution in [1.29, 1.82) is 0 Å². The van der Waals surface area contributed by atoms with Crippen molar-refractivity contribution in [2.24, 2.45) is 0 Å². The Kier molecular flexibility index (Phi) is 5.45. The molecule has 1 heterocycles. The smallest absolute Gasteiger partial charge is 0.258 e. The molecule has 1 aromatic carbocycles. The van der Waals surface area contributed by atoms with Gasteiger partial charge in [-0.15, -0.1) is 0 Å². The third-order valence-corrected chi connectivity index (χ3v) is 3.99. The molecule has 19 heavy (non-hydrogen) atoms. The Morgan fingerprint density at radius 2 is 2.00 bits per heavy atom. The van der Waals surface area contributed by atoms with E-state index in [0.29, 0.717) is 6.04 Å². The SMILES string of the molecule is CN1CCC(NC(=O)COc2ccc(I)cc2)CC1. The standard InChI is InChI=1S/C14H19IN2O2/c1-17-8-6-12(7-9-17)16-14(18)10-19-13-4-2-11(15)3-5-13/h2-5,12H,6-10H2,1H3,(H,16,18). The Labute approximate surface area is 127 Å². The van der Waals surface area contributed by atoms with Crippen molar-refractivity contribution in [2.75, 3.05) is 26.7 Å². The van der Waals surface area contributed by atoms with Crippen molar-refractivity contribution in [1.82, 2.24) is 10.2 Å². The number of hydrogen-bond donors (Lipinski definition) is 1. The molecule has 0 atom stereocenters. The molecule has 0 bridgehead atoms. The van der Waals surface area contributed by atoms with Crippen LogP contribution in [0.15, 0.2) is 24.3 Å². The highest BCUT2D eigenvalue weighted by Gasteiger charge is 2.18. The molecule has 0 radical (unpaired) electrons. The van der Waals surface area contributed by atoms with Gasteiger partial charge in [-0.2, -0.15) is 0 Å². The van der Waals surface area contributed by atoms with E-state index in [1.54, 1.807) is 0 Å². The number of hydrogen-bond acceptors (Lipinski definition) is 3. The van der Waals surface area contributed by atoms with Crippen molar-refractivity contribution in [2.45, 2.75) is 18.9 Å². The first-order chi connectivity index (χ1) is 9.13. The molecule has 0 spiro atoms. The highest BCUT2D eigenvalue weighted by Crippen LogP contribution is 2.13.